The number of benzene rings is 4. The molecule has 0 heterocycles. The molecule has 0 saturated heterocycles. The molecule has 0 spiro atoms. The minimum atomic E-state index is -5.31. The number of carboxylic acids is 2. The molecule has 0 bridgehead atoms. The van der Waals surface area contributed by atoms with Crippen molar-refractivity contribution in [3.63, 3.8) is 0 Å². The molecule has 4 aromatic carbocycles. The first kappa shape index (κ1) is 49.6. The SMILES string of the molecule is Nc1c(N=Nc2ccc(S(=O)(=O)CCOS(=O)(=O)O)cc2C(=O)O)c(S(=O)(=O)O)cc2cc(SOOO)c(N=Nc3ccc(S(=O)(=O)CCOSOOO)cc3C(=O)O)c(O)c12. The minimum absolute atomic E-state index is 0.0977. The third-order valence-corrected chi connectivity index (χ3v) is 13.2. The number of nitrogens with zero attached hydrogens (tertiary/aromatic N) is 4. The summed E-state index contributed by atoms with van der Waals surface area (Å²) in [4.78, 5) is 21.6. The molecule has 34 heteroatoms. The van der Waals surface area contributed by atoms with Crippen molar-refractivity contribution in [1.82, 2.24) is 0 Å². The van der Waals surface area contributed by atoms with E-state index < -0.39 is 142 Å². The van der Waals surface area contributed by atoms with Gasteiger partial charge in [0.25, 0.3) is 10.1 Å². The number of nitrogen functional groups attached to an aromatic ring is 1. The summed E-state index contributed by atoms with van der Waals surface area (Å²) in [5.41, 5.74) is 1.12. The van der Waals surface area contributed by atoms with E-state index in [9.17, 15) is 63.1 Å². The van der Waals surface area contributed by atoms with Gasteiger partial charge in [0.1, 0.15) is 27.6 Å². The first-order chi connectivity index (χ1) is 28.9. The van der Waals surface area contributed by atoms with E-state index in [0.29, 0.717) is 12.1 Å². The van der Waals surface area contributed by atoms with E-state index in [2.05, 4.69) is 43.4 Å². The molecule has 28 nitrogen and oxygen atoms in total. The van der Waals surface area contributed by atoms with Gasteiger partial charge in [0, 0.05) is 0 Å². The quantitative estimate of drug-likeness (QED) is 0.0103. The van der Waals surface area contributed by atoms with Gasteiger partial charge in [0.15, 0.2) is 37.7 Å². The number of phenolic OH excluding ortho intramolecular Hbond substituents is 1. The molecule has 0 atom stereocenters. The molecule has 0 amide bonds. The van der Waals surface area contributed by atoms with Crippen molar-refractivity contribution in [1.29, 1.82) is 0 Å². The largest absolute Gasteiger partial charge is 0.505 e. The summed E-state index contributed by atoms with van der Waals surface area (Å²) in [7, 11) is -19.0. The minimum Gasteiger partial charge on any atom is -0.505 e. The summed E-state index contributed by atoms with van der Waals surface area (Å²) in [5.74, 6) is -6.24. The van der Waals surface area contributed by atoms with Gasteiger partial charge >= 0.3 is 22.3 Å². The van der Waals surface area contributed by atoms with Crippen LogP contribution in [0.1, 0.15) is 20.7 Å². The van der Waals surface area contributed by atoms with Crippen LogP contribution >= 0.6 is 24.4 Å². The van der Waals surface area contributed by atoms with Crippen LogP contribution in [0.3, 0.4) is 0 Å². The number of carbonyl (C=O) groups is 2. The lowest BCUT2D eigenvalue weighted by Crippen LogP contribution is -2.16. The molecule has 0 radical (unpaired) electrons. The number of aromatic hydroxyl groups is 1. The molecule has 336 valence electrons. The Bertz CT molecular complexity index is 2910. The fourth-order valence-electron chi connectivity index (χ4n) is 4.86. The number of anilines is 1. The highest BCUT2D eigenvalue weighted by molar-refractivity contribution is 7.94. The zero-order valence-corrected chi connectivity index (χ0v) is 34.8. The monoisotopic (exact) mass is 991 g/mol. The average molecular weight is 992 g/mol. The van der Waals surface area contributed by atoms with Crippen molar-refractivity contribution < 1.29 is 105 Å². The number of hydrogen-bond acceptors (Lipinski definition) is 26. The van der Waals surface area contributed by atoms with E-state index in [-0.39, 0.29) is 34.6 Å². The van der Waals surface area contributed by atoms with Gasteiger partial charge in [-0.25, -0.2) is 41.1 Å². The van der Waals surface area contributed by atoms with Gasteiger partial charge in [-0.1, -0.05) is 10.1 Å². The van der Waals surface area contributed by atoms with Gasteiger partial charge < -0.3 is 21.1 Å². The van der Waals surface area contributed by atoms with Gasteiger partial charge in [-0.05, 0) is 53.9 Å². The number of sulfone groups is 2. The molecule has 4 aromatic rings. The number of carboxylic acid groups (broad SMARTS) is 2. The maximum atomic E-state index is 12.8. The second-order valence-corrected chi connectivity index (χ2v) is 19.2. The summed E-state index contributed by atoms with van der Waals surface area (Å²) in [6.07, 6.45) is 0. The Morgan fingerprint density at radius 3 is 1.69 bits per heavy atom. The summed E-state index contributed by atoms with van der Waals surface area (Å²) in [6.45, 7) is -1.56. The number of rotatable bonds is 22. The van der Waals surface area contributed by atoms with E-state index in [1.165, 1.54) is 0 Å². The van der Waals surface area contributed by atoms with Gasteiger partial charge in [0.05, 0.1) is 73.6 Å². The standard InChI is InChI=1S/C28H25N5O23S6/c29-23-22-13(10-21(61(45,46)47)25(23)33-31-19-4-2-15(12-17(19)28(37)38)60(43,44)8-6-52-62(48,49)50)9-20(57-55-53-39)24(26(22)34)32-30-18-3-1-14(11-16(18)27(35)36)59(41,42)7-5-51-58-56-54-40/h1-4,9-12,34,39-40H,5-8,29H2,(H,35,36)(H,37,38)(H,45,46,47)(H,48,49,50). The van der Waals surface area contributed by atoms with Crippen molar-refractivity contribution in [3.8, 4) is 5.75 Å². The Morgan fingerprint density at radius 2 is 1.21 bits per heavy atom. The second-order valence-electron chi connectivity index (χ2n) is 11.3. The van der Waals surface area contributed by atoms with Crippen LogP contribution in [0.5, 0.6) is 5.75 Å². The van der Waals surface area contributed by atoms with Crippen molar-refractivity contribution in [3.05, 3.63) is 59.7 Å². The highest BCUT2D eigenvalue weighted by Gasteiger charge is 2.27. The summed E-state index contributed by atoms with van der Waals surface area (Å²) < 4.78 is 133. The summed E-state index contributed by atoms with van der Waals surface area (Å²) in [5, 5.41) is 69.0. The van der Waals surface area contributed by atoms with Crippen molar-refractivity contribution in [2.24, 2.45) is 20.5 Å². The highest BCUT2D eigenvalue weighted by atomic mass is 32.3. The Labute approximate surface area is 355 Å². The van der Waals surface area contributed by atoms with Crippen LogP contribution in [0.2, 0.25) is 0 Å². The molecule has 0 saturated carbocycles. The van der Waals surface area contributed by atoms with E-state index >= 15 is 0 Å². The molecule has 0 aliphatic carbocycles. The molecule has 62 heavy (non-hydrogen) atoms. The number of aromatic carboxylic acids is 2. The second kappa shape index (κ2) is 20.4. The van der Waals surface area contributed by atoms with E-state index in [1.54, 1.807) is 0 Å². The lowest BCUT2D eigenvalue weighted by molar-refractivity contribution is -0.434. The van der Waals surface area contributed by atoms with E-state index in [1.807, 2.05) is 0 Å². The summed E-state index contributed by atoms with van der Waals surface area (Å²) >= 11 is 0.217. The van der Waals surface area contributed by atoms with E-state index in [4.69, 9.17) is 25.0 Å². The van der Waals surface area contributed by atoms with Crippen LogP contribution in [0.4, 0.5) is 28.4 Å². The average Bonchev–Trinajstić information content (AvgIpc) is 3.17. The maximum absolute atomic E-state index is 12.8. The van der Waals surface area contributed by atoms with Crippen molar-refractivity contribution >= 4 is 116 Å². The Hall–Kier alpha value is -5.02. The van der Waals surface area contributed by atoms with Crippen LogP contribution < -0.4 is 5.73 Å². The first-order valence-electron chi connectivity index (χ1n) is 15.6. The number of azo groups is 2. The molecule has 0 aliphatic rings. The van der Waals surface area contributed by atoms with Gasteiger partial charge in [-0.15, -0.1) is 29.1 Å². The molecule has 9 N–H and O–H groups in total. The van der Waals surface area contributed by atoms with Crippen LogP contribution in [0.25, 0.3) is 10.8 Å². The number of phenols is 1. The van der Waals surface area contributed by atoms with Crippen LogP contribution in [0.15, 0.2) is 88.6 Å². The van der Waals surface area contributed by atoms with Crippen LogP contribution in [0, 0.1) is 0 Å². The lowest BCUT2D eigenvalue weighted by Gasteiger charge is -2.14. The zero-order chi connectivity index (χ0) is 46.2. The van der Waals surface area contributed by atoms with Gasteiger partial charge in [0.2, 0.25) is 0 Å². The predicted molar refractivity (Wildman–Crippen MR) is 206 cm³/mol. The zero-order valence-electron chi connectivity index (χ0n) is 29.9. The molecular weight excluding hydrogens is 967 g/mol. The topological polar surface area (TPSA) is 443 Å². The van der Waals surface area contributed by atoms with Gasteiger partial charge in [-0.3, -0.25) is 13.3 Å². The Morgan fingerprint density at radius 1 is 0.694 bits per heavy atom. The smallest absolute Gasteiger partial charge is 0.397 e. The Balaban J connectivity index is 1.85. The number of nitrogens with two attached hydrogens (primary N) is 1. The first-order valence-corrected chi connectivity index (χ1v) is 23.1. The molecule has 0 fully saturated rings. The molecule has 0 aliphatic heterocycles. The molecule has 0 aromatic heterocycles. The van der Waals surface area contributed by atoms with Crippen LogP contribution in [-0.2, 0) is 67.3 Å². The van der Waals surface area contributed by atoms with Crippen molar-refractivity contribution in [2.45, 2.75) is 19.6 Å². The fraction of sp³-hybridized carbons (Fsp3) is 0.143. The lowest BCUT2D eigenvalue weighted by atomic mass is 10.1. The third kappa shape index (κ3) is 12.6. The highest BCUT2D eigenvalue weighted by Crippen LogP contribution is 2.50. The maximum Gasteiger partial charge on any atom is 0.397 e. The van der Waals surface area contributed by atoms with Crippen LogP contribution in [-0.4, -0.2) is 105 Å². The number of hydrogen-bond donors (Lipinski definition) is 8. The fourth-order valence-corrected chi connectivity index (χ4v) is 8.97. The van der Waals surface area contributed by atoms with E-state index in [0.717, 1.165) is 36.4 Å². The molecular formula is C28H25N5O23S6. The molecule has 0 unspecified atom stereocenters. The number of fused-ring (bicyclic) bond motifs is 1. The van der Waals surface area contributed by atoms with Gasteiger partial charge in [-0.2, -0.15) is 16.8 Å². The third-order valence-electron chi connectivity index (χ3n) is 7.50. The van der Waals surface area contributed by atoms with Crippen molar-refractivity contribution in [2.75, 3.05) is 30.5 Å². The summed E-state index contributed by atoms with van der Waals surface area (Å²) in [6, 6.07) is 6.47. The predicted octanol–water partition coefficient (Wildman–Crippen LogP) is 4.40. The molecule has 4 rings (SSSR count). The Kier molecular flexibility index (Phi) is 16.4. The normalized spacial score (nSPS) is 12.8.